The van der Waals surface area contributed by atoms with E-state index in [9.17, 15) is 0 Å². The summed E-state index contributed by atoms with van der Waals surface area (Å²) < 4.78 is 5.11. The molecule has 0 N–H and O–H groups in total. The van der Waals surface area contributed by atoms with Crippen molar-refractivity contribution < 1.29 is 4.74 Å². The zero-order valence-electron chi connectivity index (χ0n) is 11.0. The molecular formula is C14H22N2O. The van der Waals surface area contributed by atoms with Crippen LogP contribution < -0.4 is 4.74 Å². The van der Waals surface area contributed by atoms with E-state index < -0.39 is 0 Å². The van der Waals surface area contributed by atoms with Gasteiger partial charge in [0.2, 0.25) is 5.88 Å². The molecular weight excluding hydrogens is 212 g/mol. The first-order valence-electron chi connectivity index (χ1n) is 6.48. The lowest BCUT2D eigenvalue weighted by atomic mass is 9.95. The van der Waals surface area contributed by atoms with Gasteiger partial charge in [-0.1, -0.05) is 12.5 Å². The van der Waals surface area contributed by atoms with E-state index in [2.05, 4.69) is 29.8 Å². The van der Waals surface area contributed by atoms with Gasteiger partial charge in [-0.2, -0.15) is 0 Å². The molecule has 1 unspecified atom stereocenters. The van der Waals surface area contributed by atoms with Crippen molar-refractivity contribution in [3.05, 3.63) is 23.9 Å². The molecule has 1 aliphatic heterocycles. The minimum atomic E-state index is 0.530. The number of nitrogens with zero attached hydrogens (tertiary/aromatic N) is 2. The number of hydrogen-bond donors (Lipinski definition) is 0. The molecule has 0 spiro atoms. The third-order valence-electron chi connectivity index (χ3n) is 3.56. The Hall–Kier alpha value is -1.09. The average Bonchev–Trinajstić information content (AvgIpc) is 2.39. The van der Waals surface area contributed by atoms with Crippen LogP contribution in [0.5, 0.6) is 5.88 Å². The third-order valence-corrected chi connectivity index (χ3v) is 3.56. The molecule has 3 heteroatoms. The molecule has 1 aromatic heterocycles. The molecule has 0 aliphatic carbocycles. The summed E-state index contributed by atoms with van der Waals surface area (Å²) in [5.74, 6) is 0.695. The lowest BCUT2D eigenvalue weighted by molar-refractivity contribution is 0.112. The fourth-order valence-corrected chi connectivity index (χ4v) is 2.64. The Balaban J connectivity index is 2.17. The van der Waals surface area contributed by atoms with Crippen LogP contribution in [-0.4, -0.2) is 29.6 Å². The fourth-order valence-electron chi connectivity index (χ4n) is 2.64. The van der Waals surface area contributed by atoms with Gasteiger partial charge < -0.3 is 4.74 Å². The maximum Gasteiger partial charge on any atom is 0.212 e. The number of aromatic nitrogens is 1. The first-order valence-corrected chi connectivity index (χ1v) is 6.48. The Labute approximate surface area is 104 Å². The van der Waals surface area contributed by atoms with Gasteiger partial charge in [-0.3, -0.25) is 4.90 Å². The number of rotatable bonds is 3. The van der Waals surface area contributed by atoms with Crippen molar-refractivity contribution in [3.8, 4) is 5.88 Å². The Morgan fingerprint density at radius 3 is 2.76 bits per heavy atom. The van der Waals surface area contributed by atoms with Gasteiger partial charge in [0.15, 0.2) is 0 Å². The van der Waals surface area contributed by atoms with E-state index in [1.165, 1.54) is 31.4 Å². The SMILES string of the molecule is COc1ccc(C2CCCCN2C(C)C)cn1. The third kappa shape index (κ3) is 2.78. The van der Waals surface area contributed by atoms with Crippen molar-refractivity contribution >= 4 is 0 Å². The van der Waals surface area contributed by atoms with Crippen LogP contribution in [0.1, 0.15) is 44.7 Å². The number of piperidine rings is 1. The zero-order valence-corrected chi connectivity index (χ0v) is 11.0. The summed E-state index contributed by atoms with van der Waals surface area (Å²) in [6, 6.07) is 5.24. The van der Waals surface area contributed by atoms with Gasteiger partial charge in [-0.05, 0) is 38.8 Å². The van der Waals surface area contributed by atoms with Crippen LogP contribution in [-0.2, 0) is 0 Å². The molecule has 1 saturated heterocycles. The van der Waals surface area contributed by atoms with Gasteiger partial charge >= 0.3 is 0 Å². The van der Waals surface area contributed by atoms with Crippen LogP contribution >= 0.6 is 0 Å². The van der Waals surface area contributed by atoms with E-state index in [1.807, 2.05) is 12.3 Å². The predicted octanol–water partition coefficient (Wildman–Crippen LogP) is 3.03. The molecule has 94 valence electrons. The second-order valence-electron chi connectivity index (χ2n) is 4.98. The van der Waals surface area contributed by atoms with Gasteiger partial charge in [0.05, 0.1) is 7.11 Å². The van der Waals surface area contributed by atoms with Crippen LogP contribution in [0.25, 0.3) is 0 Å². The van der Waals surface area contributed by atoms with E-state index in [4.69, 9.17) is 4.74 Å². The summed E-state index contributed by atoms with van der Waals surface area (Å²) in [6.45, 7) is 5.75. The molecule has 0 amide bonds. The largest absolute Gasteiger partial charge is 0.481 e. The van der Waals surface area contributed by atoms with E-state index >= 15 is 0 Å². The molecule has 1 atom stereocenters. The molecule has 0 aromatic carbocycles. The summed E-state index contributed by atoms with van der Waals surface area (Å²) in [5, 5.41) is 0. The lowest BCUT2D eigenvalue weighted by Crippen LogP contribution is -2.38. The summed E-state index contributed by atoms with van der Waals surface area (Å²) >= 11 is 0. The van der Waals surface area contributed by atoms with Crippen molar-refractivity contribution in [1.82, 2.24) is 9.88 Å². The second kappa shape index (κ2) is 5.50. The number of methoxy groups -OCH3 is 1. The Kier molecular flexibility index (Phi) is 4.00. The first kappa shape index (κ1) is 12.4. The molecule has 1 fully saturated rings. The molecule has 3 nitrogen and oxygen atoms in total. The number of pyridine rings is 1. The van der Waals surface area contributed by atoms with Crippen molar-refractivity contribution in [2.24, 2.45) is 0 Å². The molecule has 0 bridgehead atoms. The fraction of sp³-hybridized carbons (Fsp3) is 0.643. The van der Waals surface area contributed by atoms with Crippen molar-refractivity contribution in [2.75, 3.05) is 13.7 Å². The predicted molar refractivity (Wildman–Crippen MR) is 69.2 cm³/mol. The summed E-state index contributed by atoms with van der Waals surface area (Å²) in [6.07, 6.45) is 5.84. The zero-order chi connectivity index (χ0) is 12.3. The Morgan fingerprint density at radius 1 is 1.35 bits per heavy atom. The monoisotopic (exact) mass is 234 g/mol. The molecule has 17 heavy (non-hydrogen) atoms. The first-order chi connectivity index (χ1) is 8.22. The maximum absolute atomic E-state index is 5.11. The van der Waals surface area contributed by atoms with E-state index in [-0.39, 0.29) is 0 Å². The van der Waals surface area contributed by atoms with Crippen LogP contribution in [0.4, 0.5) is 0 Å². The van der Waals surface area contributed by atoms with Crippen LogP contribution in [0.15, 0.2) is 18.3 Å². The molecule has 0 saturated carbocycles. The lowest BCUT2D eigenvalue weighted by Gasteiger charge is -2.38. The molecule has 1 aliphatic rings. The highest BCUT2D eigenvalue weighted by Crippen LogP contribution is 2.32. The highest BCUT2D eigenvalue weighted by atomic mass is 16.5. The van der Waals surface area contributed by atoms with Gasteiger partial charge in [0.25, 0.3) is 0 Å². The average molecular weight is 234 g/mol. The van der Waals surface area contributed by atoms with Crippen molar-refractivity contribution in [1.29, 1.82) is 0 Å². The van der Waals surface area contributed by atoms with Gasteiger partial charge in [-0.25, -0.2) is 4.98 Å². The molecule has 1 aromatic rings. The normalized spacial score (nSPS) is 21.8. The van der Waals surface area contributed by atoms with Crippen LogP contribution in [0.3, 0.4) is 0 Å². The molecule has 0 radical (unpaired) electrons. The van der Waals surface area contributed by atoms with E-state index in [0.29, 0.717) is 18.0 Å². The number of hydrogen-bond acceptors (Lipinski definition) is 3. The Morgan fingerprint density at radius 2 is 2.18 bits per heavy atom. The highest BCUT2D eigenvalue weighted by molar-refractivity contribution is 5.21. The smallest absolute Gasteiger partial charge is 0.212 e. The van der Waals surface area contributed by atoms with E-state index in [1.54, 1.807) is 7.11 Å². The van der Waals surface area contributed by atoms with E-state index in [0.717, 1.165) is 0 Å². The number of likely N-dealkylation sites (tertiary alicyclic amines) is 1. The summed E-state index contributed by atoms with van der Waals surface area (Å²) in [4.78, 5) is 6.89. The summed E-state index contributed by atoms with van der Waals surface area (Å²) in [5.41, 5.74) is 1.32. The minimum absolute atomic E-state index is 0.530. The molecule has 2 heterocycles. The standard InChI is InChI=1S/C14H22N2O/c1-11(2)16-9-5-4-6-13(16)12-7-8-14(17-3)15-10-12/h7-8,10-11,13H,4-6,9H2,1-3H3. The van der Waals surface area contributed by atoms with Gasteiger partial charge in [0, 0.05) is 24.3 Å². The topological polar surface area (TPSA) is 25.4 Å². The maximum atomic E-state index is 5.11. The second-order valence-corrected chi connectivity index (χ2v) is 4.98. The van der Waals surface area contributed by atoms with Crippen LogP contribution in [0.2, 0.25) is 0 Å². The van der Waals surface area contributed by atoms with Crippen molar-refractivity contribution in [3.63, 3.8) is 0 Å². The van der Waals surface area contributed by atoms with Crippen molar-refractivity contribution in [2.45, 2.75) is 45.2 Å². The van der Waals surface area contributed by atoms with Gasteiger partial charge in [0.1, 0.15) is 0 Å². The Bertz CT molecular complexity index is 348. The quantitative estimate of drug-likeness (QED) is 0.804. The highest BCUT2D eigenvalue weighted by Gasteiger charge is 2.25. The molecule has 2 rings (SSSR count). The van der Waals surface area contributed by atoms with Gasteiger partial charge in [-0.15, -0.1) is 0 Å². The minimum Gasteiger partial charge on any atom is -0.481 e. The summed E-state index contributed by atoms with van der Waals surface area (Å²) in [7, 11) is 1.66. The van der Waals surface area contributed by atoms with Crippen LogP contribution in [0, 0.1) is 0 Å². The number of ether oxygens (including phenoxy) is 1.